The molecule has 174 valence electrons. The van der Waals surface area contributed by atoms with E-state index in [0.717, 1.165) is 64.1 Å². The van der Waals surface area contributed by atoms with E-state index < -0.39 is 0 Å². The third kappa shape index (κ3) is 7.98. The van der Waals surface area contributed by atoms with E-state index in [0.29, 0.717) is 6.10 Å². The average Bonchev–Trinajstić information content (AvgIpc) is 2.84. The van der Waals surface area contributed by atoms with Crippen molar-refractivity contribution in [3.63, 3.8) is 0 Å². The summed E-state index contributed by atoms with van der Waals surface area (Å²) in [7, 11) is 3.52. The summed E-state index contributed by atoms with van der Waals surface area (Å²) in [6, 6.07) is 8.62. The molecular formula is C24H40N4O3. The van der Waals surface area contributed by atoms with Crippen molar-refractivity contribution >= 4 is 5.96 Å². The van der Waals surface area contributed by atoms with Crippen molar-refractivity contribution < 1.29 is 14.2 Å². The molecule has 2 aliphatic rings. The Labute approximate surface area is 187 Å². The van der Waals surface area contributed by atoms with Gasteiger partial charge in [0.1, 0.15) is 5.75 Å². The zero-order chi connectivity index (χ0) is 21.7. The predicted molar refractivity (Wildman–Crippen MR) is 125 cm³/mol. The Bertz CT molecular complexity index is 641. The average molecular weight is 433 g/mol. The fraction of sp³-hybridized carbons (Fsp3) is 0.708. The number of morpholine rings is 1. The number of methoxy groups -OCH3 is 1. The maximum Gasteiger partial charge on any atom is 0.191 e. The number of benzene rings is 1. The molecule has 0 amide bonds. The van der Waals surface area contributed by atoms with Crippen LogP contribution in [-0.4, -0.2) is 77.1 Å². The number of rotatable bonds is 10. The first kappa shape index (κ1) is 23.8. The summed E-state index contributed by atoms with van der Waals surface area (Å²) in [6.07, 6.45) is 7.92. The molecule has 31 heavy (non-hydrogen) atoms. The standard InChI is InChI=1S/C24H40N4O3/c1-25-24(26-13-6-16-31-22-7-4-3-5-8-22)27-19-23(28-14-17-30-18-15-28)20-9-11-21(29-2)12-10-20/h9-12,22-23H,3-8,13-19H2,1-2H3,(H2,25,26,27). The van der Waals surface area contributed by atoms with Crippen LogP contribution in [0.2, 0.25) is 0 Å². The van der Waals surface area contributed by atoms with E-state index in [4.69, 9.17) is 14.2 Å². The van der Waals surface area contributed by atoms with Crippen molar-refractivity contribution in [2.75, 3.05) is 60.2 Å². The highest BCUT2D eigenvalue weighted by Gasteiger charge is 2.23. The van der Waals surface area contributed by atoms with Crippen molar-refractivity contribution in [2.45, 2.75) is 50.7 Å². The molecule has 1 saturated carbocycles. The van der Waals surface area contributed by atoms with Gasteiger partial charge >= 0.3 is 0 Å². The van der Waals surface area contributed by atoms with Crippen molar-refractivity contribution in [3.8, 4) is 5.75 Å². The highest BCUT2D eigenvalue weighted by molar-refractivity contribution is 5.79. The highest BCUT2D eigenvalue weighted by Crippen LogP contribution is 2.24. The monoisotopic (exact) mass is 432 g/mol. The Morgan fingerprint density at radius 3 is 2.55 bits per heavy atom. The first-order chi connectivity index (χ1) is 15.3. The van der Waals surface area contributed by atoms with Crippen LogP contribution in [0.5, 0.6) is 5.75 Å². The van der Waals surface area contributed by atoms with Gasteiger partial charge in [0.05, 0.1) is 32.5 Å². The molecule has 1 aliphatic heterocycles. The van der Waals surface area contributed by atoms with Crippen LogP contribution in [0.15, 0.2) is 29.3 Å². The van der Waals surface area contributed by atoms with Gasteiger partial charge < -0.3 is 24.8 Å². The number of ether oxygens (including phenoxy) is 3. The van der Waals surface area contributed by atoms with E-state index in [2.05, 4.69) is 32.7 Å². The topological polar surface area (TPSA) is 67.4 Å². The molecular weight excluding hydrogens is 392 g/mol. The normalized spacial score (nSPS) is 19.7. The number of hydrogen-bond donors (Lipinski definition) is 2. The van der Waals surface area contributed by atoms with Gasteiger partial charge in [-0.05, 0) is 37.0 Å². The number of nitrogens with one attached hydrogen (secondary N) is 2. The maximum absolute atomic E-state index is 6.02. The predicted octanol–water partition coefficient (Wildman–Crippen LogP) is 2.97. The van der Waals surface area contributed by atoms with E-state index in [1.54, 1.807) is 7.11 Å². The smallest absolute Gasteiger partial charge is 0.191 e. The van der Waals surface area contributed by atoms with Crippen molar-refractivity contribution in [1.29, 1.82) is 0 Å². The molecule has 1 aromatic rings. The Morgan fingerprint density at radius 1 is 1.13 bits per heavy atom. The largest absolute Gasteiger partial charge is 0.497 e. The van der Waals surface area contributed by atoms with Gasteiger partial charge in [0.2, 0.25) is 0 Å². The van der Waals surface area contributed by atoms with Gasteiger partial charge in [-0.3, -0.25) is 9.89 Å². The molecule has 1 aliphatic carbocycles. The third-order valence-corrected chi connectivity index (χ3v) is 6.19. The van der Waals surface area contributed by atoms with Crippen LogP contribution in [0.25, 0.3) is 0 Å². The van der Waals surface area contributed by atoms with Crippen LogP contribution in [0, 0.1) is 0 Å². The molecule has 7 heteroatoms. The van der Waals surface area contributed by atoms with Gasteiger partial charge in [0, 0.05) is 39.8 Å². The van der Waals surface area contributed by atoms with Crippen LogP contribution in [0.4, 0.5) is 0 Å². The molecule has 7 nitrogen and oxygen atoms in total. The molecule has 1 heterocycles. The van der Waals surface area contributed by atoms with Crippen LogP contribution in [0.3, 0.4) is 0 Å². The molecule has 1 unspecified atom stereocenters. The lowest BCUT2D eigenvalue weighted by atomic mass is 9.98. The van der Waals surface area contributed by atoms with E-state index in [9.17, 15) is 0 Å². The quantitative estimate of drug-likeness (QED) is 0.337. The third-order valence-electron chi connectivity index (χ3n) is 6.19. The summed E-state index contributed by atoms with van der Waals surface area (Å²) in [5.74, 6) is 1.72. The summed E-state index contributed by atoms with van der Waals surface area (Å²) >= 11 is 0. The Kier molecular flexibility index (Phi) is 10.4. The van der Waals surface area contributed by atoms with E-state index in [-0.39, 0.29) is 6.04 Å². The van der Waals surface area contributed by atoms with Crippen LogP contribution >= 0.6 is 0 Å². The summed E-state index contributed by atoms with van der Waals surface area (Å²) in [5, 5.41) is 6.95. The second kappa shape index (κ2) is 13.6. The van der Waals surface area contributed by atoms with Gasteiger partial charge in [-0.2, -0.15) is 0 Å². The van der Waals surface area contributed by atoms with Gasteiger partial charge in [-0.25, -0.2) is 0 Å². The molecule has 2 N–H and O–H groups in total. The number of nitrogens with zero attached hydrogens (tertiary/aromatic N) is 2. The molecule has 0 aromatic heterocycles. The van der Waals surface area contributed by atoms with Gasteiger partial charge in [0.15, 0.2) is 5.96 Å². The summed E-state index contributed by atoms with van der Waals surface area (Å²) in [5.41, 5.74) is 1.27. The Morgan fingerprint density at radius 2 is 1.87 bits per heavy atom. The lowest BCUT2D eigenvalue weighted by Gasteiger charge is -2.35. The molecule has 2 fully saturated rings. The number of aliphatic imine (C=N–C) groups is 1. The summed E-state index contributed by atoms with van der Waals surface area (Å²) < 4.78 is 16.9. The van der Waals surface area contributed by atoms with Crippen LogP contribution < -0.4 is 15.4 Å². The summed E-state index contributed by atoms with van der Waals surface area (Å²) in [4.78, 5) is 6.88. The van der Waals surface area contributed by atoms with Gasteiger partial charge in [-0.15, -0.1) is 0 Å². The van der Waals surface area contributed by atoms with Crippen molar-refractivity contribution in [2.24, 2.45) is 4.99 Å². The minimum atomic E-state index is 0.253. The molecule has 0 spiro atoms. The number of guanidine groups is 1. The molecule has 3 rings (SSSR count). The fourth-order valence-corrected chi connectivity index (χ4v) is 4.35. The van der Waals surface area contributed by atoms with Crippen molar-refractivity contribution in [3.05, 3.63) is 29.8 Å². The Balaban J connectivity index is 1.45. The zero-order valence-electron chi connectivity index (χ0n) is 19.3. The molecule has 1 saturated heterocycles. The molecule has 1 atom stereocenters. The first-order valence-electron chi connectivity index (χ1n) is 11.8. The van der Waals surface area contributed by atoms with E-state index in [1.165, 1.54) is 37.7 Å². The first-order valence-corrected chi connectivity index (χ1v) is 11.8. The maximum atomic E-state index is 6.02. The van der Waals surface area contributed by atoms with Crippen LogP contribution in [0.1, 0.15) is 50.1 Å². The van der Waals surface area contributed by atoms with Crippen molar-refractivity contribution in [1.82, 2.24) is 15.5 Å². The van der Waals surface area contributed by atoms with E-state index in [1.807, 2.05) is 19.2 Å². The lowest BCUT2D eigenvalue weighted by Crippen LogP contribution is -2.46. The molecule has 0 radical (unpaired) electrons. The molecule has 0 bridgehead atoms. The van der Waals surface area contributed by atoms with Gasteiger partial charge in [-0.1, -0.05) is 31.4 Å². The SMILES string of the molecule is CN=C(NCCCOC1CCCCC1)NCC(c1ccc(OC)cc1)N1CCOCC1. The Hall–Kier alpha value is -1.83. The minimum Gasteiger partial charge on any atom is -0.497 e. The van der Waals surface area contributed by atoms with E-state index >= 15 is 0 Å². The molecule has 1 aromatic carbocycles. The number of hydrogen-bond acceptors (Lipinski definition) is 5. The minimum absolute atomic E-state index is 0.253. The van der Waals surface area contributed by atoms with Crippen LogP contribution in [-0.2, 0) is 9.47 Å². The lowest BCUT2D eigenvalue weighted by molar-refractivity contribution is 0.0170. The highest BCUT2D eigenvalue weighted by atomic mass is 16.5. The summed E-state index contributed by atoms with van der Waals surface area (Å²) in [6.45, 7) is 5.88. The fourth-order valence-electron chi connectivity index (χ4n) is 4.35. The second-order valence-electron chi connectivity index (χ2n) is 8.30. The second-order valence-corrected chi connectivity index (χ2v) is 8.30. The zero-order valence-corrected chi connectivity index (χ0v) is 19.3. The van der Waals surface area contributed by atoms with Gasteiger partial charge in [0.25, 0.3) is 0 Å².